The Labute approximate surface area is 455 Å². The van der Waals surface area contributed by atoms with Crippen LogP contribution in [0.3, 0.4) is 0 Å². The summed E-state index contributed by atoms with van der Waals surface area (Å²) in [6.45, 7) is -3.02. The highest BCUT2D eigenvalue weighted by molar-refractivity contribution is 6.00. The fourth-order valence-corrected chi connectivity index (χ4v) is 7.14. The molecule has 1 aliphatic heterocycles. The average molecular weight is 1160 g/mol. The van der Waals surface area contributed by atoms with Crippen molar-refractivity contribution >= 4 is 70.8 Å². The molecule has 26 N–H and O–H groups in total. The van der Waals surface area contributed by atoms with E-state index in [-0.39, 0.29) is 23.6 Å². The minimum atomic E-state index is -2.85. The molecular formula is C44H64N12O25. The van der Waals surface area contributed by atoms with Crippen molar-refractivity contribution in [2.24, 2.45) is 5.73 Å². The third kappa shape index (κ3) is 19.4. The van der Waals surface area contributed by atoms with Crippen LogP contribution in [0.2, 0.25) is 0 Å². The molecule has 0 saturated carbocycles. The first-order valence-corrected chi connectivity index (χ1v) is 23.9. The van der Waals surface area contributed by atoms with Crippen LogP contribution in [0, 0.1) is 0 Å². The molecule has 1 unspecified atom stereocenters. The molecule has 37 nitrogen and oxygen atoms in total. The molecule has 2 heterocycles. The van der Waals surface area contributed by atoms with Gasteiger partial charge in [-0.3, -0.25) is 48.9 Å². The maximum atomic E-state index is 13.9. The second kappa shape index (κ2) is 31.2. The number of anilines is 2. The zero-order valence-corrected chi connectivity index (χ0v) is 42.3. The van der Waals surface area contributed by atoms with Crippen molar-refractivity contribution in [3.8, 4) is 0 Å². The molecule has 2 aromatic rings. The van der Waals surface area contributed by atoms with Gasteiger partial charge in [0.2, 0.25) is 29.5 Å². The second-order valence-corrected chi connectivity index (χ2v) is 17.9. The Morgan fingerprint density at radius 3 is 1.57 bits per heavy atom. The maximum Gasteiger partial charge on any atom is 0.326 e. The number of carbonyl (C=O) groups is 10. The van der Waals surface area contributed by atoms with Gasteiger partial charge in [-0.25, -0.2) is 14.8 Å². The predicted octanol–water partition coefficient (Wildman–Crippen LogP) is -12.3. The van der Waals surface area contributed by atoms with Gasteiger partial charge in [-0.1, -0.05) is 0 Å². The summed E-state index contributed by atoms with van der Waals surface area (Å²) in [6.07, 6.45) is -25.6. The molecule has 450 valence electrons. The smallest absolute Gasteiger partial charge is 0.326 e. The normalized spacial score (nSPS) is 18.5. The molecule has 37 heteroatoms. The Morgan fingerprint density at radius 1 is 0.605 bits per heavy atom. The number of aromatic nitrogens is 2. The van der Waals surface area contributed by atoms with Gasteiger partial charge < -0.3 is 124 Å². The number of rotatable bonds is 33. The largest absolute Gasteiger partial charge is 0.481 e. The van der Waals surface area contributed by atoms with Crippen LogP contribution in [-0.4, -0.2) is 263 Å². The number of benzene rings is 1. The molecule has 1 aromatic heterocycles. The fourth-order valence-electron chi connectivity index (χ4n) is 7.14. The summed E-state index contributed by atoms with van der Waals surface area (Å²) in [5.74, 6) is -15.4. The van der Waals surface area contributed by atoms with E-state index in [1.807, 2.05) is 5.32 Å². The molecule has 0 bridgehead atoms. The SMILES string of the molecule is C[C@H](NC(=O)[C@@H](NC(=O)[C@@H](NC(=O)[C@H](CC(=O)O)NC(=O)[C@@H](NC(=O)CC[C@H](NC(=O)c1ccc(NCc2cnc3c(n2)C(=O)NC(N)N3)cc1)C(=O)O)[C@@H](O)[C@H](O)[C@H](O)CO)[C@@H](O)[C@H](O)[C@H](O)CO)[C@@H](O)[C@H](O)[C@H](O)CO)C(=O)O. The zero-order valence-electron chi connectivity index (χ0n) is 42.3. The van der Waals surface area contributed by atoms with E-state index in [2.05, 4.69) is 31.2 Å². The summed E-state index contributed by atoms with van der Waals surface area (Å²) in [5.41, 5.74) is 6.32. The van der Waals surface area contributed by atoms with Crippen LogP contribution < -0.4 is 53.6 Å². The molecule has 1 aliphatic rings. The number of carboxylic acids is 3. The Kier molecular flexibility index (Phi) is 25.9. The lowest BCUT2D eigenvalue weighted by Crippen LogP contribution is -2.67. The van der Waals surface area contributed by atoms with Crippen molar-refractivity contribution in [3.05, 3.63) is 47.4 Å². The van der Waals surface area contributed by atoms with Gasteiger partial charge >= 0.3 is 17.9 Å². The first-order valence-electron chi connectivity index (χ1n) is 23.9. The number of hydrogen-bond acceptors (Lipinski definition) is 27. The summed E-state index contributed by atoms with van der Waals surface area (Å²) in [7, 11) is 0. The zero-order chi connectivity index (χ0) is 61.2. The van der Waals surface area contributed by atoms with E-state index in [0.717, 1.165) is 6.92 Å². The van der Waals surface area contributed by atoms with Gasteiger partial charge in [0, 0.05) is 17.7 Å². The van der Waals surface area contributed by atoms with Crippen molar-refractivity contribution in [2.75, 3.05) is 30.5 Å². The van der Waals surface area contributed by atoms with Crippen LogP contribution in [0.15, 0.2) is 30.5 Å². The lowest BCUT2D eigenvalue weighted by Gasteiger charge is -2.33. The quantitative estimate of drug-likeness (QED) is 0.0316. The summed E-state index contributed by atoms with van der Waals surface area (Å²) in [4.78, 5) is 137. The Bertz CT molecular complexity index is 2550. The van der Waals surface area contributed by atoms with Gasteiger partial charge in [0.25, 0.3) is 11.8 Å². The minimum Gasteiger partial charge on any atom is -0.481 e. The lowest BCUT2D eigenvalue weighted by atomic mass is 9.97. The molecule has 0 spiro atoms. The second-order valence-electron chi connectivity index (χ2n) is 17.9. The van der Waals surface area contributed by atoms with Crippen LogP contribution in [0.4, 0.5) is 11.5 Å². The van der Waals surface area contributed by atoms with Crippen molar-refractivity contribution in [2.45, 2.75) is 130 Å². The first-order chi connectivity index (χ1) is 37.9. The number of aliphatic hydroxyl groups is 12. The number of nitrogens with zero attached hydrogens (tertiary/aromatic N) is 2. The maximum absolute atomic E-state index is 13.9. The van der Waals surface area contributed by atoms with E-state index < -0.39 is 196 Å². The predicted molar refractivity (Wildman–Crippen MR) is 264 cm³/mol. The highest BCUT2D eigenvalue weighted by Gasteiger charge is 2.44. The third-order valence-electron chi connectivity index (χ3n) is 11.8. The van der Waals surface area contributed by atoms with Crippen LogP contribution >= 0.6 is 0 Å². The Morgan fingerprint density at radius 2 is 1.09 bits per heavy atom. The molecule has 16 atom stereocenters. The molecular weight excluding hydrogens is 1100 g/mol. The lowest BCUT2D eigenvalue weighted by molar-refractivity contribution is -0.148. The number of amides is 7. The molecule has 7 amide bonds. The van der Waals surface area contributed by atoms with Crippen molar-refractivity contribution in [3.63, 3.8) is 0 Å². The van der Waals surface area contributed by atoms with Crippen LogP contribution in [-0.2, 0) is 44.9 Å². The van der Waals surface area contributed by atoms with Gasteiger partial charge in [-0.15, -0.1) is 0 Å². The molecule has 3 rings (SSSR count). The van der Waals surface area contributed by atoms with E-state index in [1.165, 1.54) is 30.5 Å². The van der Waals surface area contributed by atoms with Crippen molar-refractivity contribution < 1.29 is 125 Å². The van der Waals surface area contributed by atoms with Crippen molar-refractivity contribution in [1.82, 2.24) is 47.2 Å². The van der Waals surface area contributed by atoms with Gasteiger partial charge in [-0.2, -0.15) is 0 Å². The molecule has 0 fully saturated rings. The molecule has 0 saturated heterocycles. The molecule has 1 aromatic carbocycles. The van der Waals surface area contributed by atoms with E-state index in [1.54, 1.807) is 21.3 Å². The van der Waals surface area contributed by atoms with Gasteiger partial charge in [0.05, 0.1) is 44.7 Å². The highest BCUT2D eigenvalue weighted by atomic mass is 16.4. The topological polar surface area (TPSA) is 634 Å². The number of nitrogens with two attached hydrogens (primary N) is 1. The minimum absolute atomic E-state index is 0.00543. The van der Waals surface area contributed by atoms with E-state index in [4.69, 9.17) is 5.73 Å². The number of aliphatic carboxylic acids is 3. The van der Waals surface area contributed by atoms with Gasteiger partial charge in [0.15, 0.2) is 17.8 Å². The average Bonchev–Trinajstić information content (AvgIpc) is 3.48. The fraction of sp³-hybridized carbons (Fsp3) is 0.545. The number of fused-ring (bicyclic) bond motifs is 1. The summed E-state index contributed by atoms with van der Waals surface area (Å²) >= 11 is 0. The van der Waals surface area contributed by atoms with E-state index in [9.17, 15) is 125 Å². The number of aliphatic hydroxyl groups excluding tert-OH is 12. The first kappa shape index (κ1) is 67.4. The van der Waals surface area contributed by atoms with Gasteiger partial charge in [0.1, 0.15) is 91.2 Å². The van der Waals surface area contributed by atoms with E-state index in [0.29, 0.717) is 11.4 Å². The third-order valence-corrected chi connectivity index (χ3v) is 11.8. The monoisotopic (exact) mass is 1160 g/mol. The summed E-state index contributed by atoms with van der Waals surface area (Å²) in [5, 5.41) is 170. The number of nitrogens with one attached hydrogen (secondary N) is 9. The Balaban J connectivity index is 1.86. The van der Waals surface area contributed by atoms with Crippen LogP contribution in [0.1, 0.15) is 52.7 Å². The van der Waals surface area contributed by atoms with Crippen molar-refractivity contribution in [1.29, 1.82) is 0 Å². The van der Waals surface area contributed by atoms with Crippen LogP contribution in [0.25, 0.3) is 0 Å². The van der Waals surface area contributed by atoms with Gasteiger partial charge in [-0.05, 0) is 37.6 Å². The standard InChI is InChI=1S/C44H64N12O25/c1-14(42(78)79)48-38(74)26(33(70)30(67)21(61)12-58)54-40(76)27(34(71)31(68)22(62)13-59)53-37(73)19(8-24(64)65)51-39(75)25(32(69)29(66)20(60)11-57)52-23(63)7-6-18(43(80)81)50-36(72)15-2-4-16(5-3-15)46-9-17-10-47-35-28(49-17)41(77)56-44(45)55-35/h2-5,10,14,18-22,25-27,29-34,44,46,57-62,66-71H,6-9,11-13,45H2,1H3,(H,47,55)(H,48,74)(H,50,72)(H,51,75)(H,52,63)(H,53,73)(H,54,76)(H,56,77)(H,64,65)(H,78,79)(H,80,81)/t14-,18-,19-,20+,21+,22+,25-,26-,27-,29+,30+,31+,32+,33+,34+,44?/m0/s1. The van der Waals surface area contributed by atoms with Crippen LogP contribution in [0.5, 0.6) is 0 Å². The molecule has 0 radical (unpaired) electrons. The summed E-state index contributed by atoms with van der Waals surface area (Å²) < 4.78 is 0. The Hall–Kier alpha value is -7.92. The van der Waals surface area contributed by atoms with E-state index >= 15 is 0 Å². The number of hydrogen-bond donors (Lipinski definition) is 25. The molecule has 81 heavy (non-hydrogen) atoms. The number of carboxylic acid groups (broad SMARTS) is 3. The molecule has 0 aliphatic carbocycles. The number of carbonyl (C=O) groups excluding carboxylic acids is 7. The highest BCUT2D eigenvalue weighted by Crippen LogP contribution is 2.18. The summed E-state index contributed by atoms with van der Waals surface area (Å²) in [6, 6.07) is -8.85.